The van der Waals surface area contributed by atoms with E-state index in [-0.39, 0.29) is 36.0 Å². The number of rotatable bonds is 4. The maximum atomic E-state index is 13.1. The molecule has 0 spiro atoms. The van der Waals surface area contributed by atoms with Crippen molar-refractivity contribution in [1.82, 2.24) is 9.21 Å². The van der Waals surface area contributed by atoms with Gasteiger partial charge in [0.05, 0.1) is 30.1 Å². The first-order valence-corrected chi connectivity index (χ1v) is 10.9. The largest absolute Gasteiger partial charge is 0.374 e. The van der Waals surface area contributed by atoms with E-state index in [0.29, 0.717) is 19.6 Å². The standard InChI is InChI=1S/C21H24N2O4S/c1-16-6-5-9-18(12-16)28(25,26)22-14-19-20(15-22)27-11-10-21(24)23(19)13-17-7-3-2-4-8-17/h2-9,12,19-20H,10-11,13-15H2,1H3/t19-,20-/m0/s1. The molecule has 0 N–H and O–H groups in total. The molecule has 28 heavy (non-hydrogen) atoms. The SMILES string of the molecule is Cc1cccc(S(=O)(=O)N2C[C@@H]3OCCC(=O)N(Cc4ccccc4)[C@H]3C2)c1. The van der Waals surface area contributed by atoms with E-state index in [9.17, 15) is 13.2 Å². The van der Waals surface area contributed by atoms with Crippen molar-refractivity contribution in [3.8, 4) is 0 Å². The van der Waals surface area contributed by atoms with Crippen LogP contribution in [0.2, 0.25) is 0 Å². The quantitative estimate of drug-likeness (QED) is 0.789. The highest BCUT2D eigenvalue weighted by Gasteiger charge is 2.45. The Kier molecular flexibility index (Phi) is 5.23. The van der Waals surface area contributed by atoms with Crippen molar-refractivity contribution in [3.63, 3.8) is 0 Å². The first-order valence-electron chi connectivity index (χ1n) is 9.47. The Labute approximate surface area is 165 Å². The number of sulfonamides is 1. The second kappa shape index (κ2) is 7.66. The topological polar surface area (TPSA) is 66.9 Å². The highest BCUT2D eigenvalue weighted by molar-refractivity contribution is 7.89. The van der Waals surface area contributed by atoms with Gasteiger partial charge in [-0.3, -0.25) is 4.79 Å². The van der Waals surface area contributed by atoms with Crippen molar-refractivity contribution >= 4 is 15.9 Å². The fourth-order valence-corrected chi connectivity index (χ4v) is 5.49. The zero-order chi connectivity index (χ0) is 19.7. The lowest BCUT2D eigenvalue weighted by atomic mass is 10.1. The van der Waals surface area contributed by atoms with Gasteiger partial charge in [-0.25, -0.2) is 8.42 Å². The van der Waals surface area contributed by atoms with Crippen molar-refractivity contribution in [2.75, 3.05) is 19.7 Å². The van der Waals surface area contributed by atoms with Crippen LogP contribution in [-0.4, -0.2) is 55.4 Å². The smallest absolute Gasteiger partial charge is 0.243 e. The predicted molar refractivity (Wildman–Crippen MR) is 105 cm³/mol. The molecule has 2 aliphatic heterocycles. The zero-order valence-electron chi connectivity index (χ0n) is 15.8. The molecule has 2 aromatic rings. The second-order valence-corrected chi connectivity index (χ2v) is 9.31. The van der Waals surface area contributed by atoms with Gasteiger partial charge >= 0.3 is 0 Å². The summed E-state index contributed by atoms with van der Waals surface area (Å²) < 4.78 is 33.6. The number of amides is 1. The zero-order valence-corrected chi connectivity index (χ0v) is 16.6. The van der Waals surface area contributed by atoms with Gasteiger partial charge in [0.2, 0.25) is 15.9 Å². The first-order chi connectivity index (χ1) is 13.4. The molecule has 4 rings (SSSR count). The minimum Gasteiger partial charge on any atom is -0.374 e. The Hall–Kier alpha value is -2.22. The number of hydrogen-bond donors (Lipinski definition) is 0. The monoisotopic (exact) mass is 400 g/mol. The van der Waals surface area contributed by atoms with E-state index in [1.165, 1.54) is 4.31 Å². The summed E-state index contributed by atoms with van der Waals surface area (Å²) in [5, 5.41) is 0. The minimum absolute atomic E-state index is 0.00570. The van der Waals surface area contributed by atoms with Crippen LogP contribution in [0.4, 0.5) is 0 Å². The summed E-state index contributed by atoms with van der Waals surface area (Å²) in [6, 6.07) is 16.4. The van der Waals surface area contributed by atoms with Crippen molar-refractivity contribution in [3.05, 3.63) is 65.7 Å². The molecule has 2 heterocycles. The van der Waals surface area contributed by atoms with E-state index in [1.807, 2.05) is 43.3 Å². The molecule has 0 saturated carbocycles. The molecule has 0 bridgehead atoms. The molecule has 2 saturated heterocycles. The average molecular weight is 401 g/mol. The van der Waals surface area contributed by atoms with Crippen LogP contribution in [0.15, 0.2) is 59.5 Å². The lowest BCUT2D eigenvalue weighted by Gasteiger charge is -2.29. The highest BCUT2D eigenvalue weighted by atomic mass is 32.2. The summed E-state index contributed by atoms with van der Waals surface area (Å²) in [6.45, 7) is 3.17. The lowest BCUT2D eigenvalue weighted by molar-refractivity contribution is -0.133. The van der Waals surface area contributed by atoms with Gasteiger partial charge in [-0.2, -0.15) is 4.31 Å². The van der Waals surface area contributed by atoms with E-state index < -0.39 is 10.0 Å². The number of fused-ring (bicyclic) bond motifs is 1. The van der Waals surface area contributed by atoms with Crippen LogP contribution in [0, 0.1) is 6.92 Å². The van der Waals surface area contributed by atoms with E-state index >= 15 is 0 Å². The van der Waals surface area contributed by atoms with Crippen molar-refractivity contribution in [2.24, 2.45) is 0 Å². The third-order valence-corrected chi connectivity index (χ3v) is 7.22. The molecule has 7 heteroatoms. The minimum atomic E-state index is -3.63. The third kappa shape index (κ3) is 3.70. The summed E-state index contributed by atoms with van der Waals surface area (Å²) in [5.41, 5.74) is 1.92. The third-order valence-electron chi connectivity index (χ3n) is 5.40. The Balaban J connectivity index is 1.60. The number of carbonyl (C=O) groups is 1. The first kappa shape index (κ1) is 19.1. The van der Waals surface area contributed by atoms with Crippen molar-refractivity contribution in [2.45, 2.75) is 36.9 Å². The number of carbonyl (C=O) groups excluding carboxylic acids is 1. The Morgan fingerprint density at radius 1 is 1.07 bits per heavy atom. The van der Waals surface area contributed by atoms with Gasteiger partial charge in [-0.05, 0) is 30.2 Å². The molecule has 1 amide bonds. The number of nitrogens with zero attached hydrogens (tertiary/aromatic N) is 2. The maximum Gasteiger partial charge on any atom is 0.243 e. The van der Waals surface area contributed by atoms with Gasteiger partial charge in [0.25, 0.3) is 0 Å². The van der Waals surface area contributed by atoms with Crippen LogP contribution < -0.4 is 0 Å². The summed E-state index contributed by atoms with van der Waals surface area (Å²) >= 11 is 0. The summed E-state index contributed by atoms with van der Waals surface area (Å²) in [4.78, 5) is 14.8. The average Bonchev–Trinajstić information content (AvgIpc) is 3.06. The van der Waals surface area contributed by atoms with Crippen molar-refractivity contribution in [1.29, 1.82) is 0 Å². The summed E-state index contributed by atoms with van der Waals surface area (Å²) in [7, 11) is -3.63. The second-order valence-electron chi connectivity index (χ2n) is 7.37. The Bertz CT molecular complexity index is 961. The molecule has 0 radical (unpaired) electrons. The predicted octanol–water partition coefficient (Wildman–Crippen LogP) is 2.19. The van der Waals surface area contributed by atoms with Crippen LogP contribution in [0.1, 0.15) is 17.5 Å². The fraction of sp³-hybridized carbons (Fsp3) is 0.381. The van der Waals surface area contributed by atoms with Gasteiger partial charge in [0.15, 0.2) is 0 Å². The van der Waals surface area contributed by atoms with Gasteiger partial charge < -0.3 is 9.64 Å². The molecular formula is C21H24N2O4S. The summed E-state index contributed by atoms with van der Waals surface area (Å²) in [6.07, 6.45) is 0.0135. The van der Waals surface area contributed by atoms with Crippen LogP contribution in [0.25, 0.3) is 0 Å². The number of aryl methyl sites for hydroxylation is 1. The van der Waals surface area contributed by atoms with E-state index in [4.69, 9.17) is 4.74 Å². The lowest BCUT2D eigenvalue weighted by Crippen LogP contribution is -2.45. The molecule has 2 aromatic carbocycles. The number of ether oxygens (including phenoxy) is 1. The van der Waals surface area contributed by atoms with Crippen molar-refractivity contribution < 1.29 is 17.9 Å². The van der Waals surface area contributed by atoms with Crippen LogP contribution in [0.3, 0.4) is 0 Å². The molecule has 0 aromatic heterocycles. The molecule has 2 fully saturated rings. The van der Waals surface area contributed by atoms with Crippen LogP contribution >= 0.6 is 0 Å². The number of hydrogen-bond acceptors (Lipinski definition) is 4. The molecule has 0 aliphatic carbocycles. The Morgan fingerprint density at radius 3 is 2.61 bits per heavy atom. The normalized spacial score (nSPS) is 23.5. The highest BCUT2D eigenvalue weighted by Crippen LogP contribution is 2.29. The molecule has 2 atom stereocenters. The van der Waals surface area contributed by atoms with Gasteiger partial charge in [-0.1, -0.05) is 42.5 Å². The Morgan fingerprint density at radius 2 is 1.86 bits per heavy atom. The van der Waals surface area contributed by atoms with E-state index in [0.717, 1.165) is 11.1 Å². The van der Waals surface area contributed by atoms with Gasteiger partial charge in [-0.15, -0.1) is 0 Å². The molecule has 2 aliphatic rings. The molecule has 148 valence electrons. The van der Waals surface area contributed by atoms with Crippen LogP contribution in [-0.2, 0) is 26.1 Å². The molecule has 0 unspecified atom stereocenters. The summed E-state index contributed by atoms with van der Waals surface area (Å²) in [5.74, 6) is 0.00570. The number of benzene rings is 2. The molecule has 6 nitrogen and oxygen atoms in total. The van der Waals surface area contributed by atoms with Gasteiger partial charge in [0, 0.05) is 19.6 Å². The van der Waals surface area contributed by atoms with Crippen LogP contribution in [0.5, 0.6) is 0 Å². The van der Waals surface area contributed by atoms with E-state index in [2.05, 4.69) is 0 Å². The fourth-order valence-electron chi connectivity index (χ4n) is 3.92. The van der Waals surface area contributed by atoms with Gasteiger partial charge in [0.1, 0.15) is 0 Å². The van der Waals surface area contributed by atoms with E-state index in [1.54, 1.807) is 23.1 Å². The molecular weight excluding hydrogens is 376 g/mol. The maximum absolute atomic E-state index is 13.1.